The molecular weight excluding hydrogens is 340 g/mol. The molecule has 25 heavy (non-hydrogen) atoms. The van der Waals surface area contributed by atoms with Gasteiger partial charge in [-0.3, -0.25) is 4.79 Å². The van der Waals surface area contributed by atoms with Crippen molar-refractivity contribution in [1.82, 2.24) is 9.78 Å². The topological polar surface area (TPSA) is 53.4 Å². The van der Waals surface area contributed by atoms with Crippen LogP contribution in [-0.2, 0) is 6.54 Å². The molecule has 0 aliphatic rings. The summed E-state index contributed by atoms with van der Waals surface area (Å²) in [6.07, 6.45) is 0. The highest BCUT2D eigenvalue weighted by Gasteiger charge is 2.09. The zero-order chi connectivity index (χ0) is 17.8. The minimum absolute atomic E-state index is 0.177. The Hall–Kier alpha value is -2.79. The zero-order valence-corrected chi connectivity index (χ0v) is 14.7. The van der Waals surface area contributed by atoms with Crippen molar-refractivity contribution < 1.29 is 9.47 Å². The Morgan fingerprint density at radius 3 is 2.52 bits per heavy atom. The molecule has 5 nitrogen and oxygen atoms in total. The minimum atomic E-state index is -0.177. The highest BCUT2D eigenvalue weighted by molar-refractivity contribution is 6.30. The van der Waals surface area contributed by atoms with Gasteiger partial charge in [0.15, 0.2) is 11.5 Å². The molecule has 3 rings (SSSR count). The van der Waals surface area contributed by atoms with E-state index < -0.39 is 0 Å². The molecule has 1 aromatic heterocycles. The normalized spacial score (nSPS) is 10.5. The number of methoxy groups -OCH3 is 2. The molecule has 0 aliphatic heterocycles. The van der Waals surface area contributed by atoms with E-state index >= 15 is 0 Å². The number of hydrogen-bond donors (Lipinski definition) is 0. The van der Waals surface area contributed by atoms with Crippen molar-refractivity contribution in [1.29, 1.82) is 0 Å². The van der Waals surface area contributed by atoms with Crippen molar-refractivity contribution in [2.75, 3.05) is 14.2 Å². The highest BCUT2D eigenvalue weighted by Crippen LogP contribution is 2.31. The fourth-order valence-corrected chi connectivity index (χ4v) is 2.73. The Morgan fingerprint density at radius 1 is 1.00 bits per heavy atom. The van der Waals surface area contributed by atoms with E-state index in [0.717, 1.165) is 11.1 Å². The molecule has 0 saturated heterocycles. The third-order valence-corrected chi connectivity index (χ3v) is 4.00. The molecule has 0 fully saturated rings. The van der Waals surface area contributed by atoms with Gasteiger partial charge in [0, 0.05) is 16.7 Å². The van der Waals surface area contributed by atoms with Crippen LogP contribution < -0.4 is 15.0 Å². The number of rotatable bonds is 5. The molecule has 0 atom stereocenters. The highest BCUT2D eigenvalue weighted by atomic mass is 35.5. The summed E-state index contributed by atoms with van der Waals surface area (Å²) in [5.74, 6) is 1.24. The largest absolute Gasteiger partial charge is 0.493 e. The van der Waals surface area contributed by atoms with Gasteiger partial charge in [-0.05, 0) is 42.0 Å². The molecule has 6 heteroatoms. The Balaban J connectivity index is 1.98. The fourth-order valence-electron chi connectivity index (χ4n) is 2.52. The Labute approximate surface area is 150 Å². The quantitative estimate of drug-likeness (QED) is 0.700. The van der Waals surface area contributed by atoms with Crippen LogP contribution in [0.25, 0.3) is 11.3 Å². The summed E-state index contributed by atoms with van der Waals surface area (Å²) in [6, 6.07) is 16.1. The van der Waals surface area contributed by atoms with Gasteiger partial charge in [-0.2, -0.15) is 5.10 Å². The van der Waals surface area contributed by atoms with Gasteiger partial charge in [0.25, 0.3) is 5.56 Å². The van der Waals surface area contributed by atoms with Gasteiger partial charge in [-0.15, -0.1) is 0 Å². The van der Waals surface area contributed by atoms with Crippen molar-refractivity contribution in [2.24, 2.45) is 0 Å². The first-order valence-corrected chi connectivity index (χ1v) is 8.03. The maximum Gasteiger partial charge on any atom is 0.267 e. The van der Waals surface area contributed by atoms with E-state index in [1.807, 2.05) is 36.4 Å². The lowest BCUT2D eigenvalue weighted by Gasteiger charge is -2.11. The summed E-state index contributed by atoms with van der Waals surface area (Å²) in [4.78, 5) is 12.1. The Morgan fingerprint density at radius 2 is 1.80 bits per heavy atom. The first kappa shape index (κ1) is 17.0. The molecule has 0 amide bonds. The Bertz CT molecular complexity index is 953. The van der Waals surface area contributed by atoms with Gasteiger partial charge in [-0.1, -0.05) is 23.7 Å². The summed E-state index contributed by atoms with van der Waals surface area (Å²) in [5.41, 5.74) is 2.23. The summed E-state index contributed by atoms with van der Waals surface area (Å²) >= 11 is 6.01. The number of hydrogen-bond acceptors (Lipinski definition) is 4. The maximum absolute atomic E-state index is 12.1. The van der Waals surface area contributed by atoms with E-state index in [9.17, 15) is 4.79 Å². The summed E-state index contributed by atoms with van der Waals surface area (Å²) in [6.45, 7) is 0.348. The smallest absolute Gasteiger partial charge is 0.267 e. The zero-order valence-electron chi connectivity index (χ0n) is 13.9. The molecule has 128 valence electrons. The maximum atomic E-state index is 12.1. The average Bonchev–Trinajstić information content (AvgIpc) is 2.63. The van der Waals surface area contributed by atoms with E-state index in [2.05, 4.69) is 5.10 Å². The van der Waals surface area contributed by atoms with Crippen LogP contribution in [0.1, 0.15) is 5.56 Å². The molecule has 0 spiro atoms. The molecule has 0 radical (unpaired) electrons. The molecule has 3 aromatic rings. The van der Waals surface area contributed by atoms with E-state index in [1.165, 1.54) is 10.7 Å². The van der Waals surface area contributed by atoms with Crippen LogP contribution in [0.2, 0.25) is 5.02 Å². The first-order valence-electron chi connectivity index (χ1n) is 7.65. The Kier molecular flexibility index (Phi) is 5.05. The second kappa shape index (κ2) is 7.40. The number of nitrogens with zero attached hydrogens (tertiary/aromatic N) is 2. The molecule has 0 N–H and O–H groups in total. The van der Waals surface area contributed by atoms with Crippen molar-refractivity contribution in [3.05, 3.63) is 75.5 Å². The standard InChI is InChI=1S/C19H17ClN2O3/c1-24-17-8-6-14(11-18(17)25-2)16-7-9-19(23)22(21-16)12-13-4-3-5-15(20)10-13/h3-11H,12H2,1-2H3. The SMILES string of the molecule is COc1ccc(-c2ccc(=O)n(Cc3cccc(Cl)c3)n2)cc1OC. The average molecular weight is 357 g/mol. The van der Waals surface area contributed by atoms with E-state index in [1.54, 1.807) is 26.4 Å². The van der Waals surface area contributed by atoms with Crippen LogP contribution in [0.3, 0.4) is 0 Å². The summed E-state index contributed by atoms with van der Waals surface area (Å²) in [7, 11) is 3.16. The van der Waals surface area contributed by atoms with Crippen LogP contribution in [0.5, 0.6) is 11.5 Å². The summed E-state index contributed by atoms with van der Waals surface area (Å²) < 4.78 is 12.0. The predicted octanol–water partition coefficient (Wildman–Crippen LogP) is 3.63. The molecule has 0 saturated carbocycles. The molecule has 2 aromatic carbocycles. The number of halogens is 1. The number of benzene rings is 2. The molecular formula is C19H17ClN2O3. The van der Waals surface area contributed by atoms with Crippen LogP contribution in [-0.4, -0.2) is 24.0 Å². The first-order chi connectivity index (χ1) is 12.1. The van der Waals surface area contributed by atoms with E-state index in [-0.39, 0.29) is 5.56 Å². The number of aromatic nitrogens is 2. The third-order valence-electron chi connectivity index (χ3n) is 3.77. The molecule has 1 heterocycles. The second-order valence-electron chi connectivity index (χ2n) is 5.41. The van der Waals surface area contributed by atoms with Crippen molar-refractivity contribution in [3.8, 4) is 22.8 Å². The van der Waals surface area contributed by atoms with Gasteiger partial charge < -0.3 is 9.47 Å². The van der Waals surface area contributed by atoms with Crippen LogP contribution in [0.4, 0.5) is 0 Å². The predicted molar refractivity (Wildman–Crippen MR) is 97.6 cm³/mol. The van der Waals surface area contributed by atoms with Gasteiger partial charge in [-0.25, -0.2) is 4.68 Å². The molecule has 0 bridgehead atoms. The van der Waals surface area contributed by atoms with Crippen LogP contribution in [0.15, 0.2) is 59.4 Å². The second-order valence-corrected chi connectivity index (χ2v) is 5.85. The van der Waals surface area contributed by atoms with Crippen LogP contribution in [0, 0.1) is 0 Å². The van der Waals surface area contributed by atoms with E-state index in [0.29, 0.717) is 28.8 Å². The van der Waals surface area contributed by atoms with Gasteiger partial charge in [0.1, 0.15) is 0 Å². The fraction of sp³-hybridized carbons (Fsp3) is 0.158. The van der Waals surface area contributed by atoms with Crippen molar-refractivity contribution in [2.45, 2.75) is 6.54 Å². The van der Waals surface area contributed by atoms with Gasteiger partial charge in [0.05, 0.1) is 26.5 Å². The summed E-state index contributed by atoms with van der Waals surface area (Å²) in [5, 5.41) is 5.09. The van der Waals surface area contributed by atoms with Crippen LogP contribution >= 0.6 is 11.6 Å². The third kappa shape index (κ3) is 3.83. The minimum Gasteiger partial charge on any atom is -0.493 e. The number of ether oxygens (including phenoxy) is 2. The molecule has 0 aliphatic carbocycles. The lowest BCUT2D eigenvalue weighted by Crippen LogP contribution is -2.22. The lowest BCUT2D eigenvalue weighted by molar-refractivity contribution is 0.355. The van der Waals surface area contributed by atoms with E-state index in [4.69, 9.17) is 21.1 Å². The van der Waals surface area contributed by atoms with Crippen molar-refractivity contribution in [3.63, 3.8) is 0 Å². The molecule has 0 unspecified atom stereocenters. The van der Waals surface area contributed by atoms with Crippen molar-refractivity contribution >= 4 is 11.6 Å². The monoisotopic (exact) mass is 356 g/mol. The lowest BCUT2D eigenvalue weighted by atomic mass is 10.1. The van der Waals surface area contributed by atoms with Gasteiger partial charge >= 0.3 is 0 Å². The van der Waals surface area contributed by atoms with Gasteiger partial charge in [0.2, 0.25) is 0 Å².